The fourth-order valence-corrected chi connectivity index (χ4v) is 1.88. The van der Waals surface area contributed by atoms with Gasteiger partial charge in [0, 0.05) is 5.02 Å². The number of halogens is 4. The Kier molecular flexibility index (Phi) is 3.66. The fraction of sp³-hybridized carbons (Fsp3) is 0.455. The third kappa shape index (κ3) is 2.88. The van der Waals surface area contributed by atoms with Crippen molar-refractivity contribution in [2.45, 2.75) is 32.4 Å². The van der Waals surface area contributed by atoms with Crippen molar-refractivity contribution in [2.24, 2.45) is 0 Å². The second-order valence-electron chi connectivity index (χ2n) is 3.50. The molecule has 0 aliphatic rings. The van der Waals surface area contributed by atoms with Crippen molar-refractivity contribution in [3.63, 3.8) is 0 Å². The second kappa shape index (κ2) is 4.44. The van der Waals surface area contributed by atoms with E-state index in [9.17, 15) is 13.2 Å². The molecule has 0 aliphatic carbocycles. The van der Waals surface area contributed by atoms with Crippen LogP contribution in [0.15, 0.2) is 18.2 Å². The van der Waals surface area contributed by atoms with Crippen LogP contribution in [-0.2, 0) is 0 Å². The first-order chi connectivity index (χ1) is 6.86. The van der Waals surface area contributed by atoms with E-state index in [0.29, 0.717) is 16.1 Å². The van der Waals surface area contributed by atoms with E-state index >= 15 is 0 Å². The Morgan fingerprint density at radius 2 is 1.93 bits per heavy atom. The van der Waals surface area contributed by atoms with E-state index in [1.54, 1.807) is 13.0 Å². The lowest BCUT2D eigenvalue weighted by Crippen LogP contribution is -2.20. The average molecular weight is 237 g/mol. The zero-order valence-electron chi connectivity index (χ0n) is 8.53. The lowest BCUT2D eigenvalue weighted by atomic mass is 9.92. The highest BCUT2D eigenvalue weighted by Gasteiger charge is 2.39. The molecule has 1 unspecified atom stereocenters. The molecule has 84 valence electrons. The maximum atomic E-state index is 12.7. The molecular formula is C11H12ClF3. The van der Waals surface area contributed by atoms with Gasteiger partial charge in [0.25, 0.3) is 0 Å². The van der Waals surface area contributed by atoms with E-state index in [4.69, 9.17) is 11.6 Å². The SMILES string of the molecule is CCC(c1ccc(Cl)cc1C)C(F)(F)F. The van der Waals surface area contributed by atoms with Crippen LogP contribution in [0.2, 0.25) is 5.02 Å². The lowest BCUT2D eigenvalue weighted by Gasteiger charge is -2.20. The Labute approximate surface area is 92.1 Å². The van der Waals surface area contributed by atoms with Crippen LogP contribution in [0, 0.1) is 6.92 Å². The largest absolute Gasteiger partial charge is 0.395 e. The Morgan fingerprint density at radius 1 is 1.33 bits per heavy atom. The highest BCUT2D eigenvalue weighted by molar-refractivity contribution is 6.30. The molecule has 0 heterocycles. The van der Waals surface area contributed by atoms with E-state index in [1.807, 2.05) is 0 Å². The fourth-order valence-electron chi connectivity index (χ4n) is 1.66. The number of aryl methyl sites for hydroxylation is 1. The molecule has 1 rings (SSSR count). The van der Waals surface area contributed by atoms with Crippen LogP contribution in [0.5, 0.6) is 0 Å². The molecule has 1 aromatic rings. The minimum absolute atomic E-state index is 0.0476. The van der Waals surface area contributed by atoms with Crippen molar-refractivity contribution in [3.8, 4) is 0 Å². The molecule has 0 spiro atoms. The summed E-state index contributed by atoms with van der Waals surface area (Å²) in [6, 6.07) is 4.52. The summed E-state index contributed by atoms with van der Waals surface area (Å²) in [6.45, 7) is 3.18. The minimum Gasteiger partial charge on any atom is -0.170 e. The van der Waals surface area contributed by atoms with Crippen molar-refractivity contribution in [1.82, 2.24) is 0 Å². The van der Waals surface area contributed by atoms with Crippen molar-refractivity contribution in [1.29, 1.82) is 0 Å². The van der Waals surface area contributed by atoms with E-state index in [-0.39, 0.29) is 6.42 Å². The van der Waals surface area contributed by atoms with Crippen LogP contribution < -0.4 is 0 Å². The predicted octanol–water partition coefficient (Wildman–Crippen LogP) is 4.70. The molecule has 0 aliphatic heterocycles. The summed E-state index contributed by atoms with van der Waals surface area (Å²) >= 11 is 5.70. The van der Waals surface area contributed by atoms with Crippen LogP contribution in [0.4, 0.5) is 13.2 Å². The van der Waals surface area contributed by atoms with Gasteiger partial charge in [0.2, 0.25) is 0 Å². The molecule has 0 bridgehead atoms. The van der Waals surface area contributed by atoms with Crippen molar-refractivity contribution in [3.05, 3.63) is 34.3 Å². The summed E-state index contributed by atoms with van der Waals surface area (Å²) < 4.78 is 38.0. The van der Waals surface area contributed by atoms with Gasteiger partial charge in [-0.25, -0.2) is 0 Å². The van der Waals surface area contributed by atoms with Crippen LogP contribution >= 0.6 is 11.6 Å². The molecule has 4 heteroatoms. The topological polar surface area (TPSA) is 0 Å². The standard InChI is InChI=1S/C11H12ClF3/c1-3-10(11(13,14)15)9-5-4-8(12)6-7(9)2/h4-6,10H,3H2,1-2H3. The molecule has 0 N–H and O–H groups in total. The molecule has 0 fully saturated rings. The Bertz CT molecular complexity index is 344. The number of rotatable bonds is 2. The summed E-state index contributed by atoms with van der Waals surface area (Å²) in [5.74, 6) is -1.39. The second-order valence-corrected chi connectivity index (χ2v) is 3.94. The van der Waals surface area contributed by atoms with Crippen LogP contribution in [0.25, 0.3) is 0 Å². The smallest absolute Gasteiger partial charge is 0.170 e. The van der Waals surface area contributed by atoms with Crippen molar-refractivity contribution < 1.29 is 13.2 Å². The summed E-state index contributed by atoms with van der Waals surface area (Å²) in [6.07, 6.45) is -4.14. The quantitative estimate of drug-likeness (QED) is 0.698. The zero-order chi connectivity index (χ0) is 11.6. The van der Waals surface area contributed by atoms with Gasteiger partial charge in [0.05, 0.1) is 5.92 Å². The zero-order valence-corrected chi connectivity index (χ0v) is 9.28. The van der Waals surface area contributed by atoms with Gasteiger partial charge in [0.1, 0.15) is 0 Å². The molecule has 15 heavy (non-hydrogen) atoms. The molecular weight excluding hydrogens is 225 g/mol. The molecule has 0 aromatic heterocycles. The third-order valence-electron chi connectivity index (χ3n) is 2.41. The molecule has 0 amide bonds. The van der Waals surface area contributed by atoms with Gasteiger partial charge in [-0.2, -0.15) is 13.2 Å². The maximum Gasteiger partial charge on any atom is 0.395 e. The van der Waals surface area contributed by atoms with Gasteiger partial charge in [-0.05, 0) is 36.6 Å². The highest BCUT2D eigenvalue weighted by Crippen LogP contribution is 2.38. The van der Waals surface area contributed by atoms with Gasteiger partial charge in [0.15, 0.2) is 0 Å². The molecule has 1 atom stereocenters. The lowest BCUT2D eigenvalue weighted by molar-refractivity contribution is -0.151. The minimum atomic E-state index is -4.19. The summed E-state index contributed by atoms with van der Waals surface area (Å²) in [4.78, 5) is 0. The molecule has 0 saturated carbocycles. The Balaban J connectivity index is 3.13. The Morgan fingerprint density at radius 3 is 2.33 bits per heavy atom. The van der Waals surface area contributed by atoms with Gasteiger partial charge < -0.3 is 0 Å². The first kappa shape index (κ1) is 12.4. The van der Waals surface area contributed by atoms with Gasteiger partial charge in [-0.1, -0.05) is 24.6 Å². The normalized spacial score (nSPS) is 14.0. The third-order valence-corrected chi connectivity index (χ3v) is 2.65. The first-order valence-corrected chi connectivity index (χ1v) is 5.06. The molecule has 0 radical (unpaired) electrons. The number of benzene rings is 1. The monoisotopic (exact) mass is 236 g/mol. The van der Waals surface area contributed by atoms with E-state index in [0.717, 1.165) is 0 Å². The maximum absolute atomic E-state index is 12.7. The summed E-state index contributed by atoms with van der Waals surface area (Å²) in [7, 11) is 0. The molecule has 0 saturated heterocycles. The average Bonchev–Trinajstić information content (AvgIpc) is 2.07. The number of hydrogen-bond acceptors (Lipinski definition) is 0. The molecule has 1 aromatic carbocycles. The first-order valence-electron chi connectivity index (χ1n) is 4.69. The summed E-state index contributed by atoms with van der Waals surface area (Å²) in [5.41, 5.74) is 0.904. The summed E-state index contributed by atoms with van der Waals surface area (Å²) in [5, 5.41) is 0.466. The molecule has 0 nitrogen and oxygen atoms in total. The van der Waals surface area contributed by atoms with Crippen LogP contribution in [0.3, 0.4) is 0 Å². The highest BCUT2D eigenvalue weighted by atomic mass is 35.5. The number of alkyl halides is 3. The van der Waals surface area contributed by atoms with Crippen molar-refractivity contribution >= 4 is 11.6 Å². The Hall–Kier alpha value is -0.700. The van der Waals surface area contributed by atoms with Crippen LogP contribution in [-0.4, -0.2) is 6.18 Å². The number of hydrogen-bond donors (Lipinski definition) is 0. The van der Waals surface area contributed by atoms with E-state index in [1.165, 1.54) is 19.1 Å². The van der Waals surface area contributed by atoms with Crippen molar-refractivity contribution in [2.75, 3.05) is 0 Å². The van der Waals surface area contributed by atoms with Crippen LogP contribution in [0.1, 0.15) is 30.4 Å². The van der Waals surface area contributed by atoms with Gasteiger partial charge in [-0.15, -0.1) is 0 Å². The predicted molar refractivity (Wildman–Crippen MR) is 55.3 cm³/mol. The van der Waals surface area contributed by atoms with E-state index in [2.05, 4.69) is 0 Å². The van der Waals surface area contributed by atoms with Gasteiger partial charge in [-0.3, -0.25) is 0 Å². The van der Waals surface area contributed by atoms with Gasteiger partial charge >= 0.3 is 6.18 Å². The van der Waals surface area contributed by atoms with E-state index < -0.39 is 12.1 Å².